The molecule has 1 aliphatic heterocycles. The lowest BCUT2D eigenvalue weighted by Gasteiger charge is -2.16. The third-order valence-electron chi connectivity index (χ3n) is 4.83. The Balaban J connectivity index is 1.75. The van der Waals surface area contributed by atoms with Crippen LogP contribution in [0.5, 0.6) is 0 Å². The van der Waals surface area contributed by atoms with E-state index in [1.165, 1.54) is 24.3 Å². The van der Waals surface area contributed by atoms with Crippen LogP contribution in [0, 0.1) is 0 Å². The number of hydrogen-bond donors (Lipinski definition) is 1. The van der Waals surface area contributed by atoms with Crippen LogP contribution in [0.1, 0.15) is 54.3 Å². The first kappa shape index (κ1) is 25.0. The van der Waals surface area contributed by atoms with E-state index in [0.29, 0.717) is 11.3 Å². The highest BCUT2D eigenvalue weighted by molar-refractivity contribution is 6.53. The Bertz CT molecular complexity index is 1140. The van der Waals surface area contributed by atoms with Crippen molar-refractivity contribution in [2.24, 2.45) is 0 Å². The van der Waals surface area contributed by atoms with Gasteiger partial charge in [0.25, 0.3) is 11.8 Å². The van der Waals surface area contributed by atoms with E-state index in [-0.39, 0.29) is 34.7 Å². The molecule has 34 heavy (non-hydrogen) atoms. The maximum absolute atomic E-state index is 13.0. The van der Waals surface area contributed by atoms with Crippen molar-refractivity contribution >= 4 is 46.7 Å². The van der Waals surface area contributed by atoms with E-state index in [1.54, 1.807) is 38.1 Å². The highest BCUT2D eigenvalue weighted by atomic mass is 35.5. The van der Waals surface area contributed by atoms with E-state index < -0.39 is 23.8 Å². The summed E-state index contributed by atoms with van der Waals surface area (Å²) in [5, 5.41) is 2.55. The Morgan fingerprint density at radius 2 is 1.71 bits per heavy atom. The summed E-state index contributed by atoms with van der Waals surface area (Å²) >= 11 is 6.18. The molecule has 0 unspecified atom stereocenters. The average molecular weight is 485 g/mol. The minimum atomic E-state index is -0.720. The van der Waals surface area contributed by atoms with Gasteiger partial charge >= 0.3 is 11.9 Å². The van der Waals surface area contributed by atoms with Crippen LogP contribution in [-0.2, 0) is 19.1 Å². The molecule has 178 valence electrons. The third kappa shape index (κ3) is 5.63. The molecule has 8 nitrogen and oxygen atoms in total. The van der Waals surface area contributed by atoms with Gasteiger partial charge in [0.05, 0.1) is 29.5 Å². The van der Waals surface area contributed by atoms with Gasteiger partial charge in [-0.15, -0.1) is 0 Å². The monoisotopic (exact) mass is 484 g/mol. The topological polar surface area (TPSA) is 102 Å². The van der Waals surface area contributed by atoms with Crippen molar-refractivity contribution in [3.05, 3.63) is 70.4 Å². The Hall–Kier alpha value is -3.65. The fourth-order valence-corrected chi connectivity index (χ4v) is 3.34. The number of nitrogens with zero attached hydrogens (tertiary/aromatic N) is 1. The van der Waals surface area contributed by atoms with Crippen LogP contribution in [0.4, 0.5) is 11.4 Å². The number of unbranched alkanes of at least 4 members (excludes halogenated alkanes) is 1. The van der Waals surface area contributed by atoms with E-state index in [1.807, 2.05) is 6.92 Å². The second-order valence-electron chi connectivity index (χ2n) is 7.83. The van der Waals surface area contributed by atoms with Crippen molar-refractivity contribution in [3.8, 4) is 0 Å². The Labute approximate surface area is 202 Å². The molecule has 0 spiro atoms. The Morgan fingerprint density at radius 3 is 2.35 bits per heavy atom. The molecule has 3 rings (SSSR count). The predicted molar refractivity (Wildman–Crippen MR) is 128 cm³/mol. The first-order chi connectivity index (χ1) is 16.2. The van der Waals surface area contributed by atoms with Crippen molar-refractivity contribution in [1.82, 2.24) is 0 Å². The lowest BCUT2D eigenvalue weighted by molar-refractivity contribution is -0.120. The largest absolute Gasteiger partial charge is 0.462 e. The lowest BCUT2D eigenvalue weighted by atomic mass is 10.2. The molecule has 0 atom stereocenters. The summed E-state index contributed by atoms with van der Waals surface area (Å²) in [5.41, 5.74) is 1.10. The van der Waals surface area contributed by atoms with Crippen molar-refractivity contribution in [3.63, 3.8) is 0 Å². The number of carbonyl (C=O) groups is 4. The van der Waals surface area contributed by atoms with E-state index in [2.05, 4.69) is 5.32 Å². The summed E-state index contributed by atoms with van der Waals surface area (Å²) < 4.78 is 10.3. The van der Waals surface area contributed by atoms with Crippen LogP contribution < -0.4 is 10.2 Å². The first-order valence-electron chi connectivity index (χ1n) is 10.9. The fourth-order valence-electron chi connectivity index (χ4n) is 3.13. The molecular formula is C25H25ClN2O6. The zero-order valence-corrected chi connectivity index (χ0v) is 19.8. The second-order valence-corrected chi connectivity index (χ2v) is 8.21. The van der Waals surface area contributed by atoms with Gasteiger partial charge in [0, 0.05) is 5.69 Å². The van der Waals surface area contributed by atoms with Crippen molar-refractivity contribution in [2.75, 3.05) is 16.8 Å². The molecule has 0 bridgehead atoms. The van der Waals surface area contributed by atoms with Gasteiger partial charge in [0.1, 0.15) is 10.7 Å². The lowest BCUT2D eigenvalue weighted by Crippen LogP contribution is -2.32. The molecule has 2 amide bonds. The van der Waals surface area contributed by atoms with Gasteiger partial charge in [-0.1, -0.05) is 31.0 Å². The number of ether oxygens (including phenoxy) is 2. The van der Waals surface area contributed by atoms with Crippen LogP contribution >= 0.6 is 11.6 Å². The molecule has 0 saturated heterocycles. The number of carbonyl (C=O) groups excluding carboxylic acids is 4. The van der Waals surface area contributed by atoms with E-state index in [0.717, 1.165) is 17.7 Å². The number of hydrogen-bond acceptors (Lipinski definition) is 7. The Kier molecular flexibility index (Phi) is 8.07. The number of anilines is 2. The maximum atomic E-state index is 13.0. The zero-order valence-electron chi connectivity index (χ0n) is 19.1. The summed E-state index contributed by atoms with van der Waals surface area (Å²) in [7, 11) is 0. The third-order valence-corrected chi connectivity index (χ3v) is 5.18. The van der Waals surface area contributed by atoms with Crippen molar-refractivity contribution in [1.29, 1.82) is 0 Å². The van der Waals surface area contributed by atoms with Gasteiger partial charge in [-0.25, -0.2) is 14.5 Å². The SMILES string of the molecule is CCCCOC(=O)c1cccc(N2C(=O)C(Cl)=C(Nc3ccc(C(=O)OC(C)C)cc3)C2=O)c1. The van der Waals surface area contributed by atoms with Gasteiger partial charge in [-0.3, -0.25) is 9.59 Å². The molecule has 1 aliphatic rings. The molecule has 9 heteroatoms. The van der Waals surface area contributed by atoms with E-state index in [9.17, 15) is 19.2 Å². The molecule has 0 aromatic heterocycles. The fraction of sp³-hybridized carbons (Fsp3) is 0.280. The number of esters is 2. The molecule has 0 fully saturated rings. The number of imide groups is 1. The van der Waals surface area contributed by atoms with E-state index >= 15 is 0 Å². The van der Waals surface area contributed by atoms with Crippen LogP contribution in [0.25, 0.3) is 0 Å². The van der Waals surface area contributed by atoms with E-state index in [4.69, 9.17) is 21.1 Å². The Morgan fingerprint density at radius 1 is 1.00 bits per heavy atom. The molecular weight excluding hydrogens is 460 g/mol. The van der Waals surface area contributed by atoms with Crippen LogP contribution in [0.2, 0.25) is 0 Å². The number of halogens is 1. The highest BCUT2D eigenvalue weighted by Crippen LogP contribution is 2.30. The molecule has 2 aromatic rings. The smallest absolute Gasteiger partial charge is 0.338 e. The quantitative estimate of drug-likeness (QED) is 0.314. The zero-order chi connectivity index (χ0) is 24.8. The average Bonchev–Trinajstić information content (AvgIpc) is 3.02. The second kappa shape index (κ2) is 11.0. The molecule has 0 radical (unpaired) electrons. The molecule has 2 aromatic carbocycles. The van der Waals surface area contributed by atoms with Crippen LogP contribution in [0.3, 0.4) is 0 Å². The van der Waals surface area contributed by atoms with Gasteiger partial charge in [0.2, 0.25) is 0 Å². The van der Waals surface area contributed by atoms with Gasteiger partial charge in [0.15, 0.2) is 0 Å². The number of rotatable bonds is 9. The van der Waals surface area contributed by atoms with Gasteiger partial charge in [-0.05, 0) is 62.7 Å². The summed E-state index contributed by atoms with van der Waals surface area (Å²) in [6, 6.07) is 12.3. The normalized spacial score (nSPS) is 13.5. The molecule has 1 N–H and O–H groups in total. The van der Waals surface area contributed by atoms with Gasteiger partial charge in [-0.2, -0.15) is 0 Å². The predicted octanol–water partition coefficient (Wildman–Crippen LogP) is 4.64. The summed E-state index contributed by atoms with van der Waals surface area (Å²) in [4.78, 5) is 50.9. The summed E-state index contributed by atoms with van der Waals surface area (Å²) in [6.07, 6.45) is 1.37. The number of benzene rings is 2. The number of amides is 2. The van der Waals surface area contributed by atoms with Crippen molar-refractivity contribution in [2.45, 2.75) is 39.7 Å². The highest BCUT2D eigenvalue weighted by Gasteiger charge is 2.39. The van der Waals surface area contributed by atoms with Gasteiger partial charge < -0.3 is 14.8 Å². The number of nitrogens with one attached hydrogen (secondary N) is 1. The van der Waals surface area contributed by atoms with Crippen molar-refractivity contribution < 1.29 is 28.7 Å². The first-order valence-corrected chi connectivity index (χ1v) is 11.2. The van der Waals surface area contributed by atoms with Crippen LogP contribution in [-0.4, -0.2) is 36.5 Å². The molecule has 0 saturated carbocycles. The minimum Gasteiger partial charge on any atom is -0.462 e. The summed E-state index contributed by atoms with van der Waals surface area (Å²) in [5.74, 6) is -2.40. The standard InChI is InChI=1S/C25H25ClN2O6/c1-4-5-13-33-24(31)17-7-6-8-19(14-17)28-22(29)20(26)21(23(28)30)27-18-11-9-16(10-12-18)25(32)34-15(2)3/h6-12,14-15,27H,4-5,13H2,1-3H3. The minimum absolute atomic E-state index is 0.111. The molecule has 0 aliphatic carbocycles. The van der Waals surface area contributed by atoms with Crippen LogP contribution in [0.15, 0.2) is 59.3 Å². The maximum Gasteiger partial charge on any atom is 0.338 e. The molecule has 1 heterocycles. The summed E-state index contributed by atoms with van der Waals surface area (Å²) in [6.45, 7) is 5.77.